The van der Waals surface area contributed by atoms with Crippen molar-refractivity contribution in [1.29, 1.82) is 0 Å². The van der Waals surface area contributed by atoms with Gasteiger partial charge in [-0.05, 0) is 18.6 Å². The molecule has 0 saturated carbocycles. The number of nitrogens with zero attached hydrogens (tertiary/aromatic N) is 3. The van der Waals surface area contributed by atoms with Crippen molar-refractivity contribution in [2.75, 3.05) is 37.6 Å². The second kappa shape index (κ2) is 7.61. The van der Waals surface area contributed by atoms with Crippen LogP contribution in [0.4, 0.5) is 5.13 Å². The summed E-state index contributed by atoms with van der Waals surface area (Å²) < 4.78 is 5.21. The number of piperazine rings is 1. The number of amides is 1. The predicted molar refractivity (Wildman–Crippen MR) is 90.7 cm³/mol. The van der Waals surface area contributed by atoms with E-state index in [0.717, 1.165) is 43.5 Å². The number of hydrogen-bond donors (Lipinski definition) is 1. The van der Waals surface area contributed by atoms with Crippen LogP contribution in [-0.2, 0) is 17.8 Å². The first kappa shape index (κ1) is 16.0. The Labute approximate surface area is 140 Å². The van der Waals surface area contributed by atoms with Crippen molar-refractivity contribution in [3.63, 3.8) is 0 Å². The Morgan fingerprint density at radius 1 is 1.39 bits per heavy atom. The number of carbonyl (C=O) groups excluding carboxylic acids is 1. The second-order valence-corrected chi connectivity index (χ2v) is 6.68. The van der Waals surface area contributed by atoms with Crippen molar-refractivity contribution in [1.82, 2.24) is 15.2 Å². The standard InChI is InChI=1S/C16H22N4O2S/c1-2-14-11-18-16(23-14)20-7-5-19(6-8-20)12-15(21)17-10-13-4-3-9-22-13/h3-4,9,11H,2,5-8,10,12H2,1H3,(H,17,21). The summed E-state index contributed by atoms with van der Waals surface area (Å²) in [6.45, 7) is 6.64. The first-order valence-electron chi connectivity index (χ1n) is 7.95. The molecule has 3 rings (SSSR count). The number of rotatable bonds is 6. The number of hydrogen-bond acceptors (Lipinski definition) is 6. The first-order chi connectivity index (χ1) is 11.2. The SMILES string of the molecule is CCc1cnc(N2CCN(CC(=O)NCc3ccco3)CC2)s1. The van der Waals surface area contributed by atoms with Crippen LogP contribution < -0.4 is 10.2 Å². The molecule has 1 amide bonds. The molecule has 0 spiro atoms. The molecule has 1 fully saturated rings. The lowest BCUT2D eigenvalue weighted by atomic mass is 10.3. The fraction of sp³-hybridized carbons (Fsp3) is 0.500. The Morgan fingerprint density at radius 2 is 2.22 bits per heavy atom. The Morgan fingerprint density at radius 3 is 2.87 bits per heavy atom. The molecule has 3 heterocycles. The lowest BCUT2D eigenvalue weighted by Gasteiger charge is -2.34. The number of nitrogens with one attached hydrogen (secondary N) is 1. The molecule has 6 nitrogen and oxygen atoms in total. The molecule has 0 atom stereocenters. The van der Waals surface area contributed by atoms with Crippen LogP contribution >= 0.6 is 11.3 Å². The summed E-state index contributed by atoms with van der Waals surface area (Å²) in [5, 5.41) is 3.99. The second-order valence-electron chi connectivity index (χ2n) is 5.58. The van der Waals surface area contributed by atoms with Gasteiger partial charge in [0.05, 0.1) is 19.4 Å². The van der Waals surface area contributed by atoms with E-state index < -0.39 is 0 Å². The van der Waals surface area contributed by atoms with Crippen LogP contribution in [0.2, 0.25) is 0 Å². The topological polar surface area (TPSA) is 61.6 Å². The number of anilines is 1. The van der Waals surface area contributed by atoms with Crippen molar-refractivity contribution >= 4 is 22.4 Å². The van der Waals surface area contributed by atoms with Crippen LogP contribution in [0.1, 0.15) is 17.6 Å². The van der Waals surface area contributed by atoms with E-state index in [9.17, 15) is 4.79 Å². The Balaban J connectivity index is 1.41. The molecule has 0 unspecified atom stereocenters. The van der Waals surface area contributed by atoms with Gasteiger partial charge in [-0.2, -0.15) is 0 Å². The summed E-state index contributed by atoms with van der Waals surface area (Å²) in [5.41, 5.74) is 0. The van der Waals surface area contributed by atoms with E-state index in [0.29, 0.717) is 13.1 Å². The number of carbonyl (C=O) groups is 1. The van der Waals surface area contributed by atoms with E-state index in [4.69, 9.17) is 4.42 Å². The maximum absolute atomic E-state index is 12.0. The third kappa shape index (κ3) is 4.33. The van der Waals surface area contributed by atoms with Crippen LogP contribution in [0.25, 0.3) is 0 Å². The summed E-state index contributed by atoms with van der Waals surface area (Å²) in [4.78, 5) is 22.3. The minimum absolute atomic E-state index is 0.0392. The van der Waals surface area contributed by atoms with Crippen LogP contribution in [-0.4, -0.2) is 48.5 Å². The van der Waals surface area contributed by atoms with Crippen molar-refractivity contribution in [3.05, 3.63) is 35.2 Å². The van der Waals surface area contributed by atoms with Gasteiger partial charge in [-0.15, -0.1) is 11.3 Å². The fourth-order valence-corrected chi connectivity index (χ4v) is 3.46. The van der Waals surface area contributed by atoms with Crippen molar-refractivity contribution in [2.24, 2.45) is 0 Å². The molecule has 2 aromatic rings. The van der Waals surface area contributed by atoms with Crippen molar-refractivity contribution < 1.29 is 9.21 Å². The molecule has 1 saturated heterocycles. The number of aryl methyl sites for hydroxylation is 1. The summed E-state index contributed by atoms with van der Waals surface area (Å²) in [6.07, 6.45) is 4.62. The molecule has 1 aliphatic heterocycles. The van der Waals surface area contributed by atoms with Gasteiger partial charge in [0.25, 0.3) is 0 Å². The van der Waals surface area contributed by atoms with Gasteiger partial charge in [0, 0.05) is 37.3 Å². The van der Waals surface area contributed by atoms with E-state index in [2.05, 4.69) is 27.0 Å². The molecule has 23 heavy (non-hydrogen) atoms. The quantitative estimate of drug-likeness (QED) is 0.872. The minimum Gasteiger partial charge on any atom is -0.467 e. The highest BCUT2D eigenvalue weighted by Crippen LogP contribution is 2.23. The maximum atomic E-state index is 12.0. The number of aromatic nitrogens is 1. The summed E-state index contributed by atoms with van der Waals surface area (Å²) in [7, 11) is 0. The molecular weight excluding hydrogens is 312 g/mol. The van der Waals surface area contributed by atoms with Gasteiger partial charge in [-0.25, -0.2) is 4.98 Å². The van der Waals surface area contributed by atoms with Gasteiger partial charge in [0.1, 0.15) is 5.76 Å². The highest BCUT2D eigenvalue weighted by Gasteiger charge is 2.20. The molecule has 0 aliphatic carbocycles. The average molecular weight is 334 g/mol. The van der Waals surface area contributed by atoms with Crippen LogP contribution in [0.3, 0.4) is 0 Å². The monoisotopic (exact) mass is 334 g/mol. The molecule has 0 bridgehead atoms. The zero-order valence-corrected chi connectivity index (χ0v) is 14.1. The Kier molecular flexibility index (Phi) is 5.30. The number of furan rings is 1. The molecule has 124 valence electrons. The lowest BCUT2D eigenvalue weighted by Crippen LogP contribution is -2.49. The van der Waals surface area contributed by atoms with Gasteiger partial charge in [-0.3, -0.25) is 9.69 Å². The molecule has 0 radical (unpaired) electrons. The summed E-state index contributed by atoms with van der Waals surface area (Å²) in [6, 6.07) is 3.68. The fourth-order valence-electron chi connectivity index (χ4n) is 2.56. The third-order valence-corrected chi connectivity index (χ3v) is 5.14. The first-order valence-corrected chi connectivity index (χ1v) is 8.77. The maximum Gasteiger partial charge on any atom is 0.234 e. The van der Waals surface area contributed by atoms with Gasteiger partial charge in [0.2, 0.25) is 5.91 Å². The molecule has 7 heteroatoms. The number of thiazole rings is 1. The highest BCUT2D eigenvalue weighted by molar-refractivity contribution is 7.15. The smallest absolute Gasteiger partial charge is 0.234 e. The van der Waals surface area contributed by atoms with E-state index in [1.807, 2.05) is 18.3 Å². The predicted octanol–water partition coefficient (Wildman–Crippen LogP) is 1.74. The minimum atomic E-state index is 0.0392. The van der Waals surface area contributed by atoms with Gasteiger partial charge in [0.15, 0.2) is 5.13 Å². The zero-order valence-electron chi connectivity index (χ0n) is 13.3. The van der Waals surface area contributed by atoms with E-state index in [1.165, 1.54) is 4.88 Å². The van der Waals surface area contributed by atoms with Crippen LogP contribution in [0, 0.1) is 0 Å². The Hall–Kier alpha value is -1.86. The molecule has 1 N–H and O–H groups in total. The van der Waals surface area contributed by atoms with E-state index in [1.54, 1.807) is 17.6 Å². The highest BCUT2D eigenvalue weighted by atomic mass is 32.1. The van der Waals surface area contributed by atoms with E-state index >= 15 is 0 Å². The largest absolute Gasteiger partial charge is 0.467 e. The summed E-state index contributed by atoms with van der Waals surface area (Å²) in [5.74, 6) is 0.816. The molecular formula is C16H22N4O2S. The van der Waals surface area contributed by atoms with Crippen LogP contribution in [0.15, 0.2) is 29.0 Å². The summed E-state index contributed by atoms with van der Waals surface area (Å²) >= 11 is 1.77. The molecule has 0 aromatic carbocycles. The average Bonchev–Trinajstić information content (AvgIpc) is 3.25. The normalized spacial score (nSPS) is 15.8. The van der Waals surface area contributed by atoms with Crippen molar-refractivity contribution in [3.8, 4) is 0 Å². The van der Waals surface area contributed by atoms with Gasteiger partial charge in [-0.1, -0.05) is 6.92 Å². The van der Waals surface area contributed by atoms with Gasteiger partial charge < -0.3 is 14.6 Å². The zero-order chi connectivity index (χ0) is 16.1. The van der Waals surface area contributed by atoms with Crippen LogP contribution in [0.5, 0.6) is 0 Å². The van der Waals surface area contributed by atoms with E-state index in [-0.39, 0.29) is 5.91 Å². The van der Waals surface area contributed by atoms with Gasteiger partial charge >= 0.3 is 0 Å². The Bertz CT molecular complexity index is 618. The lowest BCUT2D eigenvalue weighted by molar-refractivity contribution is -0.122. The molecule has 1 aliphatic rings. The third-order valence-electron chi connectivity index (χ3n) is 3.94. The van der Waals surface area contributed by atoms with Crippen molar-refractivity contribution in [2.45, 2.75) is 19.9 Å². The molecule has 2 aromatic heterocycles.